The normalized spacial score (nSPS) is 27.7. The molecule has 1 N–H and O–H groups in total. The molecule has 4 heteroatoms. The first-order valence-corrected chi connectivity index (χ1v) is 7.15. The van der Waals surface area contributed by atoms with E-state index in [-0.39, 0.29) is 11.9 Å². The van der Waals surface area contributed by atoms with Crippen molar-refractivity contribution < 1.29 is 4.79 Å². The van der Waals surface area contributed by atoms with E-state index in [2.05, 4.69) is 23.2 Å². The van der Waals surface area contributed by atoms with Crippen molar-refractivity contribution in [2.24, 2.45) is 5.41 Å². The second-order valence-corrected chi connectivity index (χ2v) is 5.61. The van der Waals surface area contributed by atoms with Gasteiger partial charge in [0, 0.05) is 12.6 Å². The zero-order valence-corrected chi connectivity index (χ0v) is 11.2. The van der Waals surface area contributed by atoms with Crippen molar-refractivity contribution in [1.82, 2.24) is 10.2 Å². The Kier molecular flexibility index (Phi) is 4.23. The summed E-state index contributed by atoms with van der Waals surface area (Å²) in [6, 6.07) is 2.50. The first-order chi connectivity index (χ1) is 8.70. The Hall–Kier alpha value is -1.08. The fraction of sp³-hybridized carbons (Fsp3) is 0.857. The lowest BCUT2D eigenvalue weighted by Crippen LogP contribution is -2.51. The maximum atomic E-state index is 12.3. The molecular formula is C14H23N3O. The molecular weight excluding hydrogens is 226 g/mol. The van der Waals surface area contributed by atoms with Crippen LogP contribution in [0.3, 0.4) is 0 Å². The summed E-state index contributed by atoms with van der Waals surface area (Å²) in [5, 5.41) is 12.4. The smallest absolute Gasteiger partial charge is 0.240 e. The molecule has 1 heterocycles. The Labute approximate surface area is 109 Å². The molecule has 2 aliphatic rings. The lowest BCUT2D eigenvalue weighted by Gasteiger charge is -2.33. The fourth-order valence-electron chi connectivity index (χ4n) is 3.15. The lowest BCUT2D eigenvalue weighted by atomic mass is 9.86. The van der Waals surface area contributed by atoms with Gasteiger partial charge in [-0.2, -0.15) is 5.26 Å². The lowest BCUT2D eigenvalue weighted by molar-refractivity contribution is -0.129. The van der Waals surface area contributed by atoms with E-state index in [1.807, 2.05) is 0 Å². The highest BCUT2D eigenvalue weighted by molar-refractivity contribution is 5.86. The highest BCUT2D eigenvalue weighted by Gasteiger charge is 2.42. The molecule has 1 atom stereocenters. The standard InChI is InChI=1S/C14H23N3O/c1-2-17-9-5-6-12(10-17)16-13(18)14(11-15)7-3-4-8-14/h12H,2-10H2,1H3,(H,16,18). The van der Waals surface area contributed by atoms with Crippen LogP contribution in [-0.4, -0.2) is 36.5 Å². The van der Waals surface area contributed by atoms with Gasteiger partial charge in [0.2, 0.25) is 5.91 Å². The van der Waals surface area contributed by atoms with Gasteiger partial charge in [0.15, 0.2) is 0 Å². The molecule has 1 amide bonds. The van der Waals surface area contributed by atoms with Gasteiger partial charge in [-0.15, -0.1) is 0 Å². The van der Waals surface area contributed by atoms with E-state index >= 15 is 0 Å². The van der Waals surface area contributed by atoms with Crippen LogP contribution < -0.4 is 5.32 Å². The van der Waals surface area contributed by atoms with Crippen LogP contribution in [-0.2, 0) is 4.79 Å². The van der Waals surface area contributed by atoms with Crippen LogP contribution in [0.5, 0.6) is 0 Å². The first-order valence-electron chi connectivity index (χ1n) is 7.15. The number of rotatable bonds is 3. The zero-order valence-electron chi connectivity index (χ0n) is 11.2. The molecule has 0 radical (unpaired) electrons. The average molecular weight is 249 g/mol. The first kappa shape index (κ1) is 13.4. The van der Waals surface area contributed by atoms with Crippen LogP contribution in [0, 0.1) is 16.7 Å². The van der Waals surface area contributed by atoms with Crippen molar-refractivity contribution in [3.05, 3.63) is 0 Å². The van der Waals surface area contributed by atoms with Crippen LogP contribution >= 0.6 is 0 Å². The van der Waals surface area contributed by atoms with E-state index in [1.54, 1.807) is 0 Å². The highest BCUT2D eigenvalue weighted by Crippen LogP contribution is 2.37. The minimum absolute atomic E-state index is 0.0227. The summed E-state index contributed by atoms with van der Waals surface area (Å²) in [4.78, 5) is 14.7. The quantitative estimate of drug-likeness (QED) is 0.827. The molecule has 0 aromatic carbocycles. The predicted molar refractivity (Wildman–Crippen MR) is 69.8 cm³/mol. The van der Waals surface area contributed by atoms with Gasteiger partial charge in [-0.1, -0.05) is 19.8 Å². The number of likely N-dealkylation sites (N-methyl/N-ethyl adjacent to an activating group) is 1. The summed E-state index contributed by atoms with van der Waals surface area (Å²) in [5.74, 6) is -0.0227. The average Bonchev–Trinajstić information content (AvgIpc) is 2.89. The molecule has 1 saturated heterocycles. The summed E-state index contributed by atoms with van der Waals surface area (Å²) in [7, 11) is 0. The molecule has 2 rings (SSSR count). The Bertz CT molecular complexity index is 341. The van der Waals surface area contributed by atoms with E-state index in [9.17, 15) is 10.1 Å². The number of nitriles is 1. The summed E-state index contributed by atoms with van der Waals surface area (Å²) in [6.07, 6.45) is 5.67. The zero-order chi connectivity index (χ0) is 13.0. The van der Waals surface area contributed by atoms with Crippen molar-refractivity contribution in [2.45, 2.75) is 51.5 Å². The number of carbonyl (C=O) groups excluding carboxylic acids is 1. The van der Waals surface area contributed by atoms with Gasteiger partial charge in [-0.3, -0.25) is 4.79 Å². The van der Waals surface area contributed by atoms with Gasteiger partial charge in [0.05, 0.1) is 6.07 Å². The van der Waals surface area contributed by atoms with Crippen molar-refractivity contribution >= 4 is 5.91 Å². The molecule has 18 heavy (non-hydrogen) atoms. The van der Waals surface area contributed by atoms with Crippen LogP contribution in [0.25, 0.3) is 0 Å². The molecule has 0 bridgehead atoms. The van der Waals surface area contributed by atoms with Gasteiger partial charge >= 0.3 is 0 Å². The van der Waals surface area contributed by atoms with Crippen LogP contribution in [0.15, 0.2) is 0 Å². The van der Waals surface area contributed by atoms with E-state index in [0.717, 1.165) is 58.2 Å². The third-order valence-corrected chi connectivity index (χ3v) is 4.39. The number of nitrogens with zero attached hydrogens (tertiary/aromatic N) is 2. The summed E-state index contributed by atoms with van der Waals surface area (Å²) in [5.41, 5.74) is -0.728. The Balaban J connectivity index is 1.92. The van der Waals surface area contributed by atoms with Gasteiger partial charge < -0.3 is 10.2 Å². The van der Waals surface area contributed by atoms with Gasteiger partial charge in [0.1, 0.15) is 5.41 Å². The van der Waals surface area contributed by atoms with E-state index in [0.29, 0.717) is 0 Å². The molecule has 2 fully saturated rings. The molecule has 0 aromatic heterocycles. The molecule has 0 aromatic rings. The molecule has 4 nitrogen and oxygen atoms in total. The summed E-state index contributed by atoms with van der Waals surface area (Å²) >= 11 is 0. The van der Waals surface area contributed by atoms with Crippen molar-refractivity contribution in [2.75, 3.05) is 19.6 Å². The number of nitrogens with one attached hydrogen (secondary N) is 1. The minimum atomic E-state index is -0.728. The highest BCUT2D eigenvalue weighted by atomic mass is 16.2. The van der Waals surface area contributed by atoms with E-state index in [4.69, 9.17) is 0 Å². The Morgan fingerprint density at radius 2 is 2.17 bits per heavy atom. The van der Waals surface area contributed by atoms with Gasteiger partial charge in [0.25, 0.3) is 0 Å². The minimum Gasteiger partial charge on any atom is -0.351 e. The number of hydrogen-bond acceptors (Lipinski definition) is 3. The van der Waals surface area contributed by atoms with Gasteiger partial charge in [-0.05, 0) is 38.8 Å². The van der Waals surface area contributed by atoms with Crippen molar-refractivity contribution in [1.29, 1.82) is 5.26 Å². The second-order valence-electron chi connectivity index (χ2n) is 5.61. The Morgan fingerprint density at radius 1 is 1.44 bits per heavy atom. The van der Waals surface area contributed by atoms with E-state index in [1.165, 1.54) is 0 Å². The van der Waals surface area contributed by atoms with Crippen LogP contribution in [0.1, 0.15) is 45.4 Å². The van der Waals surface area contributed by atoms with Crippen LogP contribution in [0.2, 0.25) is 0 Å². The number of amides is 1. The maximum Gasteiger partial charge on any atom is 0.240 e. The summed E-state index contributed by atoms with van der Waals surface area (Å²) in [6.45, 7) is 5.25. The number of piperidine rings is 1. The molecule has 100 valence electrons. The topological polar surface area (TPSA) is 56.1 Å². The molecule has 1 unspecified atom stereocenters. The number of hydrogen-bond donors (Lipinski definition) is 1. The monoisotopic (exact) mass is 249 g/mol. The predicted octanol–water partition coefficient (Wildman–Crippen LogP) is 1.67. The number of likely N-dealkylation sites (tertiary alicyclic amines) is 1. The molecule has 1 aliphatic carbocycles. The Morgan fingerprint density at radius 3 is 2.78 bits per heavy atom. The third-order valence-electron chi connectivity index (χ3n) is 4.39. The molecule has 1 saturated carbocycles. The van der Waals surface area contributed by atoms with Crippen molar-refractivity contribution in [3.63, 3.8) is 0 Å². The SMILES string of the molecule is CCN1CCCC(NC(=O)C2(C#N)CCCC2)C1. The number of carbonyl (C=O) groups is 1. The maximum absolute atomic E-state index is 12.3. The van der Waals surface area contributed by atoms with Crippen molar-refractivity contribution in [3.8, 4) is 6.07 Å². The molecule has 1 aliphatic heterocycles. The fourth-order valence-corrected chi connectivity index (χ4v) is 3.15. The van der Waals surface area contributed by atoms with Crippen LogP contribution in [0.4, 0.5) is 0 Å². The second kappa shape index (κ2) is 5.71. The van der Waals surface area contributed by atoms with E-state index < -0.39 is 5.41 Å². The summed E-state index contributed by atoms with van der Waals surface area (Å²) < 4.78 is 0. The largest absolute Gasteiger partial charge is 0.351 e. The van der Waals surface area contributed by atoms with Gasteiger partial charge in [-0.25, -0.2) is 0 Å². The third kappa shape index (κ3) is 2.67. The molecule has 0 spiro atoms.